The second-order valence-electron chi connectivity index (χ2n) is 5.09. The van der Waals surface area contributed by atoms with Gasteiger partial charge in [-0.2, -0.15) is 0 Å². The second-order valence-corrected chi connectivity index (χ2v) is 7.66. The molecule has 1 heterocycles. The van der Waals surface area contributed by atoms with E-state index in [1.165, 1.54) is 18.7 Å². The van der Waals surface area contributed by atoms with Gasteiger partial charge in [0.05, 0.1) is 0 Å². The van der Waals surface area contributed by atoms with E-state index in [0.717, 1.165) is 25.7 Å². The number of aromatic nitrogens is 1. The molecule has 5 nitrogen and oxygen atoms in total. The Kier molecular flexibility index (Phi) is 4.75. The topological polar surface area (TPSA) is 68.2 Å². The molecule has 1 amide bonds. The molecule has 0 aliphatic heterocycles. The fourth-order valence-corrected chi connectivity index (χ4v) is 3.33. The maximum atomic E-state index is 12.3. The van der Waals surface area contributed by atoms with Crippen LogP contribution in [0.4, 0.5) is 0 Å². The monoisotopic (exact) mass is 318 g/mol. The summed E-state index contributed by atoms with van der Waals surface area (Å²) >= 11 is 0. The van der Waals surface area contributed by atoms with Gasteiger partial charge < -0.3 is 9.88 Å². The van der Waals surface area contributed by atoms with Gasteiger partial charge >= 0.3 is 0 Å². The molecule has 0 atom stereocenters. The minimum Gasteiger partial charge on any atom is -0.348 e. The average molecular weight is 319 g/mol. The largest absolute Gasteiger partial charge is 0.348 e. The van der Waals surface area contributed by atoms with E-state index in [2.05, 4.69) is 5.32 Å². The highest BCUT2D eigenvalue weighted by Gasteiger charge is 2.22. The molecular weight excluding hydrogens is 300 g/mol. The Morgan fingerprint density at radius 3 is 2.60 bits per heavy atom. The van der Waals surface area contributed by atoms with E-state index in [1.54, 1.807) is 4.57 Å². The molecule has 1 aromatic heterocycles. The van der Waals surface area contributed by atoms with Gasteiger partial charge in [0.15, 0.2) is 0 Å². The highest BCUT2D eigenvalue weighted by Crippen LogP contribution is 2.21. The van der Waals surface area contributed by atoms with Gasteiger partial charge in [-0.3, -0.25) is 4.79 Å². The second kappa shape index (κ2) is 6.18. The van der Waals surface area contributed by atoms with Crippen molar-refractivity contribution in [1.82, 2.24) is 9.88 Å². The third-order valence-electron chi connectivity index (χ3n) is 3.67. The lowest BCUT2D eigenvalue weighted by Gasteiger charge is -2.22. The predicted octanol–water partition coefficient (Wildman–Crippen LogP) is 2.50. The van der Waals surface area contributed by atoms with Gasteiger partial charge in [-0.1, -0.05) is 19.3 Å². The number of carbonyl (C=O) groups excluding carboxylic acids is 1. The van der Waals surface area contributed by atoms with E-state index in [9.17, 15) is 13.2 Å². The summed E-state index contributed by atoms with van der Waals surface area (Å²) < 4.78 is 24.3. The van der Waals surface area contributed by atoms with Gasteiger partial charge in [0, 0.05) is 29.5 Å². The summed E-state index contributed by atoms with van der Waals surface area (Å²) in [5.41, 5.74) is 0.345. The number of hydrogen-bond acceptors (Lipinski definition) is 3. The van der Waals surface area contributed by atoms with E-state index < -0.39 is 9.05 Å². The lowest BCUT2D eigenvalue weighted by molar-refractivity contribution is 0.0918. The molecule has 20 heavy (non-hydrogen) atoms. The number of hydrogen-bond donors (Lipinski definition) is 1. The number of nitrogens with zero attached hydrogens (tertiary/aromatic N) is 1. The molecular formula is C13H19ClN2O3S. The summed E-state index contributed by atoms with van der Waals surface area (Å²) in [5.74, 6) is -0.231. The molecule has 7 heteroatoms. The van der Waals surface area contributed by atoms with Crippen molar-refractivity contribution in [2.45, 2.75) is 56.5 Å². The standard InChI is InChI=1S/C13H19ClN2O3S/c1-2-16-9-11(20(14,18)19)8-12(16)13(17)15-10-6-4-3-5-7-10/h8-10H,2-7H2,1H3,(H,15,17). The van der Waals surface area contributed by atoms with Crippen LogP contribution in [0.5, 0.6) is 0 Å². The lowest BCUT2D eigenvalue weighted by Crippen LogP contribution is -2.37. The maximum Gasteiger partial charge on any atom is 0.268 e. The molecule has 0 radical (unpaired) electrons. The molecule has 1 N–H and O–H groups in total. The number of rotatable bonds is 4. The summed E-state index contributed by atoms with van der Waals surface area (Å²) in [6, 6.07) is 1.52. The Morgan fingerprint density at radius 1 is 1.40 bits per heavy atom. The first-order valence-electron chi connectivity index (χ1n) is 6.87. The molecule has 1 fully saturated rings. The Hall–Kier alpha value is -1.01. The zero-order chi connectivity index (χ0) is 14.8. The van der Waals surface area contributed by atoms with Crippen LogP contribution in [0, 0.1) is 0 Å². The summed E-state index contributed by atoms with van der Waals surface area (Å²) in [4.78, 5) is 12.2. The molecule has 0 aromatic carbocycles. The van der Waals surface area contributed by atoms with Crippen molar-refractivity contribution in [3.63, 3.8) is 0 Å². The van der Waals surface area contributed by atoms with Gasteiger partial charge in [0.2, 0.25) is 0 Å². The normalized spacial score (nSPS) is 17.1. The smallest absolute Gasteiger partial charge is 0.268 e. The van der Waals surface area contributed by atoms with Gasteiger partial charge in [-0.25, -0.2) is 8.42 Å². The van der Waals surface area contributed by atoms with E-state index in [1.807, 2.05) is 6.92 Å². The number of aryl methyl sites for hydroxylation is 1. The highest BCUT2D eigenvalue weighted by molar-refractivity contribution is 8.13. The number of carbonyl (C=O) groups is 1. The van der Waals surface area contributed by atoms with Crippen LogP contribution in [0.25, 0.3) is 0 Å². The van der Waals surface area contributed by atoms with Crippen molar-refractivity contribution in [2.75, 3.05) is 0 Å². The third-order valence-corrected chi connectivity index (χ3v) is 4.99. The fraction of sp³-hybridized carbons (Fsp3) is 0.615. The zero-order valence-electron chi connectivity index (χ0n) is 11.4. The van der Waals surface area contributed by atoms with Crippen LogP contribution in [0.15, 0.2) is 17.2 Å². The minimum atomic E-state index is -3.81. The van der Waals surface area contributed by atoms with Crippen molar-refractivity contribution in [2.24, 2.45) is 0 Å². The van der Waals surface area contributed by atoms with Gasteiger partial charge in [-0.05, 0) is 25.8 Å². The molecule has 1 aromatic rings. The van der Waals surface area contributed by atoms with Crippen molar-refractivity contribution in [3.8, 4) is 0 Å². The van der Waals surface area contributed by atoms with Gasteiger partial charge in [-0.15, -0.1) is 0 Å². The van der Waals surface area contributed by atoms with Crippen LogP contribution in [0.1, 0.15) is 49.5 Å². The summed E-state index contributed by atoms with van der Waals surface area (Å²) in [7, 11) is 1.51. The van der Waals surface area contributed by atoms with E-state index in [-0.39, 0.29) is 16.8 Å². The molecule has 1 aliphatic carbocycles. The van der Waals surface area contributed by atoms with Crippen molar-refractivity contribution >= 4 is 25.6 Å². The summed E-state index contributed by atoms with van der Waals surface area (Å²) in [6.45, 7) is 2.36. The van der Waals surface area contributed by atoms with E-state index in [4.69, 9.17) is 10.7 Å². The van der Waals surface area contributed by atoms with Crippen LogP contribution < -0.4 is 5.32 Å². The summed E-state index contributed by atoms with van der Waals surface area (Å²) in [5, 5.41) is 2.98. The molecule has 0 spiro atoms. The first kappa shape index (κ1) is 15.4. The lowest BCUT2D eigenvalue weighted by atomic mass is 9.95. The minimum absolute atomic E-state index is 0.0326. The van der Waals surface area contributed by atoms with E-state index >= 15 is 0 Å². The van der Waals surface area contributed by atoms with Crippen LogP contribution in [0.3, 0.4) is 0 Å². The zero-order valence-corrected chi connectivity index (χ0v) is 13.0. The van der Waals surface area contributed by atoms with Crippen LogP contribution >= 0.6 is 10.7 Å². The quantitative estimate of drug-likeness (QED) is 0.867. The Bertz CT molecular complexity index is 589. The molecule has 2 rings (SSSR count). The molecule has 112 valence electrons. The average Bonchev–Trinajstić information content (AvgIpc) is 2.84. The highest BCUT2D eigenvalue weighted by atomic mass is 35.7. The number of halogens is 1. The van der Waals surface area contributed by atoms with E-state index in [0.29, 0.717) is 12.2 Å². The Labute approximate surface area is 123 Å². The Balaban J connectivity index is 2.18. The molecule has 1 aliphatic rings. The summed E-state index contributed by atoms with van der Waals surface area (Å²) in [6.07, 6.45) is 6.84. The van der Waals surface area contributed by atoms with Crippen LogP contribution in [-0.4, -0.2) is 24.9 Å². The molecule has 0 saturated heterocycles. The van der Waals surface area contributed by atoms with Crippen molar-refractivity contribution in [1.29, 1.82) is 0 Å². The first-order valence-corrected chi connectivity index (χ1v) is 9.18. The molecule has 0 bridgehead atoms. The van der Waals surface area contributed by atoms with Crippen LogP contribution in [0.2, 0.25) is 0 Å². The van der Waals surface area contributed by atoms with Crippen molar-refractivity contribution < 1.29 is 13.2 Å². The number of amides is 1. The van der Waals surface area contributed by atoms with Gasteiger partial charge in [0.1, 0.15) is 10.6 Å². The number of nitrogens with one attached hydrogen (secondary N) is 1. The fourth-order valence-electron chi connectivity index (χ4n) is 2.58. The molecule has 1 saturated carbocycles. The third kappa shape index (κ3) is 3.55. The SMILES string of the molecule is CCn1cc(S(=O)(=O)Cl)cc1C(=O)NC1CCCCC1. The first-order chi connectivity index (χ1) is 9.41. The van der Waals surface area contributed by atoms with Crippen molar-refractivity contribution in [3.05, 3.63) is 18.0 Å². The predicted molar refractivity (Wildman–Crippen MR) is 77.5 cm³/mol. The van der Waals surface area contributed by atoms with Gasteiger partial charge in [0.25, 0.3) is 15.0 Å². The maximum absolute atomic E-state index is 12.3. The van der Waals surface area contributed by atoms with Crippen LogP contribution in [-0.2, 0) is 15.6 Å². The Morgan fingerprint density at radius 2 is 2.05 bits per heavy atom. The molecule has 0 unspecified atom stereocenters.